The number of rotatable bonds is 5. The molecule has 0 fully saturated rings. The minimum Gasteiger partial charge on any atom is -0.382 e. The predicted octanol–water partition coefficient (Wildman–Crippen LogP) is 1.90. The van der Waals surface area contributed by atoms with Gasteiger partial charge in [0.05, 0.1) is 18.0 Å². The number of nitrogens with one attached hydrogen (secondary N) is 1. The van der Waals surface area contributed by atoms with Crippen LogP contribution in [0.1, 0.15) is 24.1 Å². The van der Waals surface area contributed by atoms with Gasteiger partial charge in [0, 0.05) is 0 Å². The first-order chi connectivity index (χ1) is 10.6. The highest BCUT2D eigenvalue weighted by molar-refractivity contribution is 7.99. The number of hydrogen-bond acceptors (Lipinski definition) is 6. The number of aromatic nitrogens is 2. The molecule has 0 aliphatic heterocycles. The summed E-state index contributed by atoms with van der Waals surface area (Å²) in [5, 5.41) is 12.0. The molecule has 3 N–H and O–H groups in total. The molecule has 0 spiro atoms. The Kier molecular flexibility index (Phi) is 5.33. The fourth-order valence-electron chi connectivity index (χ4n) is 1.77. The van der Waals surface area contributed by atoms with E-state index in [1.165, 1.54) is 18.0 Å². The molecule has 2 aromatic rings. The van der Waals surface area contributed by atoms with Crippen molar-refractivity contribution < 1.29 is 4.79 Å². The maximum absolute atomic E-state index is 11.9. The lowest BCUT2D eigenvalue weighted by molar-refractivity contribution is -0.119. The Morgan fingerprint density at radius 2 is 2.18 bits per heavy atom. The molecule has 6 nitrogen and oxygen atoms in total. The molecule has 0 unspecified atom stereocenters. The van der Waals surface area contributed by atoms with Crippen LogP contribution in [0.2, 0.25) is 0 Å². The molecule has 112 valence electrons. The maximum atomic E-state index is 11.9. The Morgan fingerprint density at radius 1 is 1.45 bits per heavy atom. The van der Waals surface area contributed by atoms with Crippen molar-refractivity contribution in [2.45, 2.75) is 18.1 Å². The van der Waals surface area contributed by atoms with E-state index in [9.17, 15) is 4.79 Å². The van der Waals surface area contributed by atoms with Crippen LogP contribution in [0.4, 0.5) is 5.82 Å². The number of nitrogen functional groups attached to an aromatic ring is 1. The maximum Gasteiger partial charge on any atom is 0.230 e. The van der Waals surface area contributed by atoms with Crippen molar-refractivity contribution in [3.8, 4) is 6.07 Å². The number of thioether (sulfide) groups is 1. The summed E-state index contributed by atoms with van der Waals surface area (Å²) in [7, 11) is 0. The molecule has 0 saturated carbocycles. The average Bonchev–Trinajstić information content (AvgIpc) is 2.54. The first-order valence-electron chi connectivity index (χ1n) is 6.60. The number of anilines is 1. The number of carbonyl (C=O) groups is 1. The molecule has 1 amide bonds. The molecule has 0 radical (unpaired) electrons. The lowest BCUT2D eigenvalue weighted by atomic mass is 10.1. The zero-order chi connectivity index (χ0) is 15.9. The van der Waals surface area contributed by atoms with Gasteiger partial charge in [-0.2, -0.15) is 5.26 Å². The molecule has 1 aromatic heterocycles. The van der Waals surface area contributed by atoms with Gasteiger partial charge in [-0.25, -0.2) is 9.97 Å². The quantitative estimate of drug-likeness (QED) is 0.645. The van der Waals surface area contributed by atoms with Crippen LogP contribution in [0.5, 0.6) is 0 Å². The van der Waals surface area contributed by atoms with Gasteiger partial charge in [0.1, 0.15) is 17.5 Å². The summed E-state index contributed by atoms with van der Waals surface area (Å²) >= 11 is 1.18. The predicted molar refractivity (Wildman–Crippen MR) is 84.9 cm³/mol. The first kappa shape index (κ1) is 15.8. The summed E-state index contributed by atoms with van der Waals surface area (Å²) in [4.78, 5) is 19.9. The second-order valence-corrected chi connectivity index (χ2v) is 5.49. The molecule has 22 heavy (non-hydrogen) atoms. The largest absolute Gasteiger partial charge is 0.382 e. The van der Waals surface area contributed by atoms with Gasteiger partial charge in [0.2, 0.25) is 5.91 Å². The molecule has 7 heteroatoms. The summed E-state index contributed by atoms with van der Waals surface area (Å²) < 4.78 is 0. The van der Waals surface area contributed by atoms with Crippen molar-refractivity contribution in [2.24, 2.45) is 0 Å². The smallest absolute Gasteiger partial charge is 0.230 e. The Labute approximate surface area is 132 Å². The van der Waals surface area contributed by atoms with E-state index < -0.39 is 0 Å². The van der Waals surface area contributed by atoms with Crippen LogP contribution in [-0.2, 0) is 4.79 Å². The van der Waals surface area contributed by atoms with E-state index in [4.69, 9.17) is 11.0 Å². The van der Waals surface area contributed by atoms with E-state index >= 15 is 0 Å². The molecular weight excluding hydrogens is 298 g/mol. The van der Waals surface area contributed by atoms with Gasteiger partial charge in [-0.1, -0.05) is 42.1 Å². The summed E-state index contributed by atoms with van der Waals surface area (Å²) in [6.07, 6.45) is 1.36. The fraction of sp³-hybridized carbons (Fsp3) is 0.200. The van der Waals surface area contributed by atoms with Gasteiger partial charge >= 0.3 is 0 Å². The highest BCUT2D eigenvalue weighted by atomic mass is 32.2. The fourth-order valence-corrected chi connectivity index (χ4v) is 2.41. The molecule has 1 atom stereocenters. The Hall–Kier alpha value is -2.59. The summed E-state index contributed by atoms with van der Waals surface area (Å²) in [6, 6.07) is 11.5. The molecule has 0 bridgehead atoms. The van der Waals surface area contributed by atoms with Gasteiger partial charge in [-0.3, -0.25) is 4.79 Å². The molecule has 1 heterocycles. The van der Waals surface area contributed by atoms with E-state index in [2.05, 4.69) is 15.3 Å². The van der Waals surface area contributed by atoms with Crippen LogP contribution in [0.15, 0.2) is 41.7 Å². The van der Waals surface area contributed by atoms with Gasteiger partial charge < -0.3 is 11.1 Å². The van der Waals surface area contributed by atoms with Crippen LogP contribution in [-0.4, -0.2) is 21.6 Å². The molecule has 0 saturated heterocycles. The van der Waals surface area contributed by atoms with Crippen LogP contribution >= 0.6 is 11.8 Å². The van der Waals surface area contributed by atoms with Crippen LogP contribution in [0.25, 0.3) is 0 Å². The third-order valence-corrected chi connectivity index (χ3v) is 3.79. The molecule has 0 aliphatic carbocycles. The minimum absolute atomic E-state index is 0.0683. The van der Waals surface area contributed by atoms with Crippen LogP contribution in [0.3, 0.4) is 0 Å². The Morgan fingerprint density at radius 3 is 2.82 bits per heavy atom. The normalized spacial score (nSPS) is 11.5. The second-order valence-electron chi connectivity index (χ2n) is 4.55. The van der Waals surface area contributed by atoms with Crippen LogP contribution < -0.4 is 11.1 Å². The molecule has 0 aliphatic rings. The zero-order valence-corrected chi connectivity index (χ0v) is 12.8. The number of amides is 1. The average molecular weight is 313 g/mol. The van der Waals surface area contributed by atoms with Gasteiger partial charge in [0.25, 0.3) is 0 Å². The summed E-state index contributed by atoms with van der Waals surface area (Å²) in [5.74, 6) is 0.189. The number of benzene rings is 1. The minimum atomic E-state index is -0.118. The first-order valence-corrected chi connectivity index (χ1v) is 7.58. The van der Waals surface area contributed by atoms with E-state index in [1.807, 2.05) is 43.3 Å². The van der Waals surface area contributed by atoms with Crippen molar-refractivity contribution >= 4 is 23.5 Å². The lowest BCUT2D eigenvalue weighted by Crippen LogP contribution is -2.28. The second kappa shape index (κ2) is 7.43. The third kappa shape index (κ3) is 4.20. The van der Waals surface area contributed by atoms with E-state index in [0.29, 0.717) is 5.16 Å². The van der Waals surface area contributed by atoms with Gasteiger partial charge in [0.15, 0.2) is 5.16 Å². The monoisotopic (exact) mass is 313 g/mol. The zero-order valence-electron chi connectivity index (χ0n) is 12.0. The van der Waals surface area contributed by atoms with E-state index in [0.717, 1.165) is 5.56 Å². The van der Waals surface area contributed by atoms with Crippen molar-refractivity contribution in [1.82, 2.24) is 15.3 Å². The number of nitrogens with two attached hydrogens (primary N) is 1. The van der Waals surface area contributed by atoms with E-state index in [1.54, 1.807) is 0 Å². The third-order valence-electron chi connectivity index (χ3n) is 2.93. The molecule has 2 rings (SSSR count). The topological polar surface area (TPSA) is 105 Å². The molecule has 1 aromatic carbocycles. The van der Waals surface area contributed by atoms with Gasteiger partial charge in [-0.05, 0) is 12.5 Å². The standard InChI is InChI=1S/C15H15N5OS/c1-10(11-5-3-2-4-6-11)19-13(21)9-22-15-18-8-12(7-16)14(17)20-15/h2-6,8,10H,9H2,1H3,(H,19,21)(H2,17,18,20)/t10-/m1/s1. The van der Waals surface area contributed by atoms with Crippen molar-refractivity contribution in [3.05, 3.63) is 47.7 Å². The summed E-state index contributed by atoms with van der Waals surface area (Å²) in [5.41, 5.74) is 6.88. The summed E-state index contributed by atoms with van der Waals surface area (Å²) in [6.45, 7) is 1.92. The Bertz CT molecular complexity index is 699. The van der Waals surface area contributed by atoms with Crippen molar-refractivity contribution in [1.29, 1.82) is 5.26 Å². The highest BCUT2D eigenvalue weighted by Crippen LogP contribution is 2.16. The van der Waals surface area contributed by atoms with Crippen molar-refractivity contribution in [2.75, 3.05) is 11.5 Å². The van der Waals surface area contributed by atoms with Crippen molar-refractivity contribution in [3.63, 3.8) is 0 Å². The number of nitrogens with zero attached hydrogens (tertiary/aromatic N) is 3. The van der Waals surface area contributed by atoms with Gasteiger partial charge in [-0.15, -0.1) is 0 Å². The Balaban J connectivity index is 1.88. The number of nitriles is 1. The molecular formula is C15H15N5OS. The van der Waals surface area contributed by atoms with Crippen LogP contribution in [0, 0.1) is 11.3 Å². The lowest BCUT2D eigenvalue weighted by Gasteiger charge is -2.13. The van der Waals surface area contributed by atoms with E-state index in [-0.39, 0.29) is 29.1 Å². The number of hydrogen-bond donors (Lipinski definition) is 2. The highest BCUT2D eigenvalue weighted by Gasteiger charge is 2.11. The number of carbonyl (C=O) groups excluding carboxylic acids is 1. The SMILES string of the molecule is C[C@@H](NC(=O)CSc1ncc(C#N)c(N)n1)c1ccccc1.